The molecule has 0 spiro atoms. The number of rotatable bonds is 1. The Morgan fingerprint density at radius 3 is 2.75 bits per heavy atom. The first-order valence-corrected chi connectivity index (χ1v) is 5.44. The van der Waals surface area contributed by atoms with E-state index in [9.17, 15) is 0 Å². The fourth-order valence-corrected chi connectivity index (χ4v) is 2.06. The van der Waals surface area contributed by atoms with E-state index < -0.39 is 0 Å². The molecule has 0 unspecified atom stereocenters. The Kier molecular flexibility index (Phi) is 2.00. The molecule has 3 aromatic rings. The summed E-state index contributed by atoms with van der Waals surface area (Å²) < 4.78 is 0. The fraction of sp³-hybridized carbons (Fsp3) is 0. The van der Waals surface area contributed by atoms with Gasteiger partial charge in [-0.25, -0.2) is 9.97 Å². The van der Waals surface area contributed by atoms with Gasteiger partial charge in [0.25, 0.3) is 0 Å². The topological polar surface area (TPSA) is 77.6 Å². The van der Waals surface area contributed by atoms with Gasteiger partial charge < -0.3 is 5.73 Å². The van der Waals surface area contributed by atoms with Crippen LogP contribution in [0.15, 0.2) is 30.7 Å². The Balaban J connectivity index is 2.18. The van der Waals surface area contributed by atoms with Crippen LogP contribution >= 0.6 is 11.3 Å². The Labute approximate surface area is 95.0 Å². The van der Waals surface area contributed by atoms with Crippen molar-refractivity contribution in [3.05, 3.63) is 30.7 Å². The van der Waals surface area contributed by atoms with E-state index in [4.69, 9.17) is 5.73 Å². The lowest BCUT2D eigenvalue weighted by atomic mass is 10.2. The summed E-state index contributed by atoms with van der Waals surface area (Å²) in [5.41, 5.74) is 7.98. The minimum Gasteiger partial charge on any atom is -0.375 e. The van der Waals surface area contributed by atoms with Gasteiger partial charge in [-0.15, -0.1) is 0 Å². The summed E-state index contributed by atoms with van der Waals surface area (Å²) in [6, 6.07) is 3.78. The van der Waals surface area contributed by atoms with Gasteiger partial charge in [0.05, 0.1) is 11.9 Å². The SMILES string of the molecule is Nc1nc2ncc(-c3ccncc3)nc2s1. The number of fused-ring (bicyclic) bond motifs is 1. The Morgan fingerprint density at radius 2 is 1.94 bits per heavy atom. The Bertz CT molecular complexity index is 634. The first kappa shape index (κ1) is 9.17. The van der Waals surface area contributed by atoms with Gasteiger partial charge in [0.15, 0.2) is 15.6 Å². The lowest BCUT2D eigenvalue weighted by molar-refractivity contribution is 1.25. The number of aromatic nitrogens is 4. The van der Waals surface area contributed by atoms with Crippen LogP contribution in [0.3, 0.4) is 0 Å². The molecule has 16 heavy (non-hydrogen) atoms. The number of thiazole rings is 1. The highest BCUT2D eigenvalue weighted by molar-refractivity contribution is 7.21. The molecule has 3 aromatic heterocycles. The number of nitrogen functional groups attached to an aromatic ring is 1. The highest BCUT2D eigenvalue weighted by Gasteiger charge is 2.06. The van der Waals surface area contributed by atoms with Crippen molar-refractivity contribution in [2.24, 2.45) is 0 Å². The van der Waals surface area contributed by atoms with Crippen LogP contribution in [0.5, 0.6) is 0 Å². The molecular weight excluding hydrogens is 222 g/mol. The molecular formula is C10H7N5S. The molecule has 0 bridgehead atoms. The van der Waals surface area contributed by atoms with Crippen molar-refractivity contribution in [2.45, 2.75) is 0 Å². The first-order valence-electron chi connectivity index (χ1n) is 4.62. The zero-order chi connectivity index (χ0) is 11.0. The number of hydrogen-bond donors (Lipinski definition) is 1. The van der Waals surface area contributed by atoms with Crippen molar-refractivity contribution in [3.8, 4) is 11.3 Å². The molecule has 3 rings (SSSR count). The maximum Gasteiger partial charge on any atom is 0.191 e. The van der Waals surface area contributed by atoms with Crippen molar-refractivity contribution in [1.29, 1.82) is 0 Å². The second-order valence-corrected chi connectivity index (χ2v) is 4.18. The summed E-state index contributed by atoms with van der Waals surface area (Å²) in [4.78, 5) is 17.4. The average Bonchev–Trinajstić information content (AvgIpc) is 2.69. The van der Waals surface area contributed by atoms with Crippen LogP contribution in [0.1, 0.15) is 0 Å². The van der Waals surface area contributed by atoms with Crippen LogP contribution in [0.2, 0.25) is 0 Å². The van der Waals surface area contributed by atoms with Crippen molar-refractivity contribution in [2.75, 3.05) is 5.73 Å². The second-order valence-electron chi connectivity index (χ2n) is 3.17. The first-order chi connectivity index (χ1) is 7.83. The van der Waals surface area contributed by atoms with E-state index in [1.807, 2.05) is 12.1 Å². The zero-order valence-corrected chi connectivity index (χ0v) is 8.98. The maximum absolute atomic E-state index is 5.60. The monoisotopic (exact) mass is 229 g/mol. The molecule has 0 aromatic carbocycles. The van der Waals surface area contributed by atoms with Crippen molar-refractivity contribution in [1.82, 2.24) is 19.9 Å². The number of anilines is 1. The summed E-state index contributed by atoms with van der Waals surface area (Å²) in [6.45, 7) is 0. The molecule has 0 aliphatic heterocycles. The standard InChI is InChI=1S/C10H7N5S/c11-10-15-8-9(16-10)14-7(5-13-8)6-1-3-12-4-2-6/h1-5H,(H2,11,13,15). The summed E-state index contributed by atoms with van der Waals surface area (Å²) in [7, 11) is 0. The van der Waals surface area contributed by atoms with E-state index in [2.05, 4.69) is 19.9 Å². The minimum absolute atomic E-state index is 0.488. The molecule has 0 atom stereocenters. The third kappa shape index (κ3) is 1.49. The third-order valence-corrected chi connectivity index (χ3v) is 2.88. The molecule has 0 radical (unpaired) electrons. The van der Waals surface area contributed by atoms with Gasteiger partial charge in [0.2, 0.25) is 0 Å². The molecule has 0 saturated heterocycles. The van der Waals surface area contributed by atoms with Crippen LogP contribution in [0.25, 0.3) is 21.7 Å². The smallest absolute Gasteiger partial charge is 0.191 e. The van der Waals surface area contributed by atoms with Crippen LogP contribution in [-0.4, -0.2) is 19.9 Å². The van der Waals surface area contributed by atoms with Crippen LogP contribution in [0.4, 0.5) is 5.13 Å². The van der Waals surface area contributed by atoms with Crippen molar-refractivity contribution < 1.29 is 0 Å². The van der Waals surface area contributed by atoms with Crippen LogP contribution in [-0.2, 0) is 0 Å². The number of nitrogens with two attached hydrogens (primary N) is 1. The van der Waals surface area contributed by atoms with Gasteiger partial charge in [-0.2, -0.15) is 4.98 Å². The van der Waals surface area contributed by atoms with Gasteiger partial charge in [-0.1, -0.05) is 11.3 Å². The average molecular weight is 229 g/mol. The van der Waals surface area contributed by atoms with Gasteiger partial charge in [0, 0.05) is 18.0 Å². The van der Waals surface area contributed by atoms with Crippen LogP contribution in [0, 0.1) is 0 Å². The lowest BCUT2D eigenvalue weighted by Crippen LogP contribution is -1.86. The van der Waals surface area contributed by atoms with Crippen molar-refractivity contribution >= 4 is 26.9 Å². The number of pyridine rings is 1. The quantitative estimate of drug-likeness (QED) is 0.687. The third-order valence-electron chi connectivity index (χ3n) is 2.12. The molecule has 2 N–H and O–H groups in total. The molecule has 78 valence electrons. The van der Waals surface area contributed by atoms with E-state index in [1.165, 1.54) is 11.3 Å². The van der Waals surface area contributed by atoms with E-state index in [-0.39, 0.29) is 0 Å². The molecule has 3 heterocycles. The normalized spacial score (nSPS) is 10.8. The van der Waals surface area contributed by atoms with E-state index >= 15 is 0 Å². The van der Waals surface area contributed by atoms with Crippen molar-refractivity contribution in [3.63, 3.8) is 0 Å². The highest BCUT2D eigenvalue weighted by Crippen LogP contribution is 2.23. The number of hydrogen-bond acceptors (Lipinski definition) is 6. The molecule has 5 nitrogen and oxygen atoms in total. The van der Waals surface area contributed by atoms with E-state index in [0.29, 0.717) is 10.8 Å². The fourth-order valence-electron chi connectivity index (χ4n) is 1.40. The summed E-state index contributed by atoms with van der Waals surface area (Å²) >= 11 is 1.34. The predicted octanol–water partition coefficient (Wildman–Crippen LogP) is 1.73. The molecule has 0 aliphatic rings. The second kappa shape index (κ2) is 3.49. The van der Waals surface area contributed by atoms with Gasteiger partial charge in [0.1, 0.15) is 0 Å². The van der Waals surface area contributed by atoms with Gasteiger partial charge in [-0.05, 0) is 12.1 Å². The molecule has 0 aliphatic carbocycles. The number of nitrogens with zero attached hydrogens (tertiary/aromatic N) is 4. The Morgan fingerprint density at radius 1 is 1.12 bits per heavy atom. The van der Waals surface area contributed by atoms with E-state index in [0.717, 1.165) is 16.1 Å². The molecule has 0 amide bonds. The molecule has 0 saturated carbocycles. The summed E-state index contributed by atoms with van der Waals surface area (Å²) in [5, 5.41) is 0.488. The van der Waals surface area contributed by atoms with Gasteiger partial charge in [-0.3, -0.25) is 4.98 Å². The predicted molar refractivity (Wildman–Crippen MR) is 62.9 cm³/mol. The summed E-state index contributed by atoms with van der Waals surface area (Å²) in [5.74, 6) is 0. The minimum atomic E-state index is 0.488. The highest BCUT2D eigenvalue weighted by atomic mass is 32.1. The summed E-state index contributed by atoms with van der Waals surface area (Å²) in [6.07, 6.45) is 5.14. The van der Waals surface area contributed by atoms with Crippen LogP contribution < -0.4 is 5.73 Å². The lowest BCUT2D eigenvalue weighted by Gasteiger charge is -1.97. The maximum atomic E-state index is 5.60. The molecule has 0 fully saturated rings. The zero-order valence-electron chi connectivity index (χ0n) is 8.16. The van der Waals surface area contributed by atoms with E-state index in [1.54, 1.807) is 18.6 Å². The van der Waals surface area contributed by atoms with Gasteiger partial charge >= 0.3 is 0 Å². The molecule has 6 heteroatoms. The Hall–Kier alpha value is -2.08. The largest absolute Gasteiger partial charge is 0.375 e.